The molecule has 0 aromatic carbocycles. The van der Waals surface area contributed by atoms with Crippen LogP contribution in [0.25, 0.3) is 0 Å². The van der Waals surface area contributed by atoms with Gasteiger partial charge in [0.1, 0.15) is 6.54 Å². The van der Waals surface area contributed by atoms with Crippen molar-refractivity contribution in [2.75, 3.05) is 0 Å². The fourth-order valence-electron chi connectivity index (χ4n) is 3.94. The molecular formula is C27H50N+. The Morgan fingerprint density at radius 2 is 0.929 bits per heavy atom. The minimum Gasteiger partial charge on any atom is -0.205 e. The van der Waals surface area contributed by atoms with E-state index in [4.69, 9.17) is 0 Å². The lowest BCUT2D eigenvalue weighted by Gasteiger charge is -2.10. The highest BCUT2D eigenvalue weighted by Crippen LogP contribution is 2.19. The van der Waals surface area contributed by atoms with Crippen LogP contribution in [0.2, 0.25) is 0 Å². The van der Waals surface area contributed by atoms with E-state index < -0.39 is 0 Å². The van der Waals surface area contributed by atoms with Crippen LogP contribution in [0.15, 0.2) is 18.5 Å². The van der Waals surface area contributed by atoms with Crippen molar-refractivity contribution < 1.29 is 4.57 Å². The molecule has 0 aliphatic rings. The summed E-state index contributed by atoms with van der Waals surface area (Å²) in [4.78, 5) is 0. The molecule has 162 valence electrons. The lowest BCUT2D eigenvalue weighted by atomic mass is 9.98. The molecule has 0 fully saturated rings. The van der Waals surface area contributed by atoms with E-state index in [1.807, 2.05) is 0 Å². The molecule has 28 heavy (non-hydrogen) atoms. The van der Waals surface area contributed by atoms with Gasteiger partial charge in [0.2, 0.25) is 0 Å². The van der Waals surface area contributed by atoms with E-state index in [0.29, 0.717) is 11.8 Å². The molecule has 1 aromatic rings. The van der Waals surface area contributed by atoms with Gasteiger partial charge in [0, 0.05) is 17.5 Å². The van der Waals surface area contributed by atoms with Crippen LogP contribution in [0.3, 0.4) is 0 Å². The molecule has 0 N–H and O–H groups in total. The molecule has 0 spiro atoms. The quantitative estimate of drug-likeness (QED) is 0.185. The van der Waals surface area contributed by atoms with Gasteiger partial charge in [-0.25, -0.2) is 4.57 Å². The Balaban J connectivity index is 2.06. The molecule has 0 aliphatic carbocycles. The fourth-order valence-corrected chi connectivity index (χ4v) is 3.94. The number of hydrogen-bond acceptors (Lipinski definition) is 0. The fraction of sp³-hybridized carbons (Fsp3) is 0.815. The van der Waals surface area contributed by atoms with Crippen LogP contribution in [0, 0.1) is 0 Å². The number of rotatable bonds is 17. The Kier molecular flexibility index (Phi) is 14.4. The maximum absolute atomic E-state index is 2.45. The Hall–Kier alpha value is -0.850. The van der Waals surface area contributed by atoms with Gasteiger partial charge in [0.15, 0.2) is 12.4 Å². The molecule has 0 amide bonds. The predicted molar refractivity (Wildman–Crippen MR) is 125 cm³/mol. The van der Waals surface area contributed by atoms with Crippen molar-refractivity contribution in [3.05, 3.63) is 29.6 Å². The molecule has 0 aliphatic heterocycles. The second-order valence-corrected chi connectivity index (χ2v) is 9.55. The highest BCUT2D eigenvalue weighted by atomic mass is 14.9. The Labute approximate surface area is 177 Å². The van der Waals surface area contributed by atoms with Gasteiger partial charge >= 0.3 is 0 Å². The first-order valence-electron chi connectivity index (χ1n) is 12.6. The summed E-state index contributed by atoms with van der Waals surface area (Å²) in [6.07, 6.45) is 24.8. The van der Waals surface area contributed by atoms with Crippen LogP contribution in [-0.2, 0) is 6.54 Å². The predicted octanol–water partition coefficient (Wildman–Crippen LogP) is 8.70. The highest BCUT2D eigenvalue weighted by Gasteiger charge is 2.12. The standard InChI is InChI=1S/C27H50N/c1-6-7-8-9-10-11-12-13-14-15-16-17-18-19-20-28-22-26(24(2)3)21-27(23-28)25(4)5/h21-25H,6-20H2,1-5H3/q+1. The number of aromatic nitrogens is 1. The zero-order valence-corrected chi connectivity index (χ0v) is 19.9. The Bertz CT molecular complexity index is 463. The summed E-state index contributed by atoms with van der Waals surface area (Å²) in [5, 5.41) is 0. The molecule has 1 heteroatoms. The normalized spacial score (nSPS) is 11.7. The lowest BCUT2D eigenvalue weighted by molar-refractivity contribution is -0.698. The van der Waals surface area contributed by atoms with E-state index in [-0.39, 0.29) is 0 Å². The van der Waals surface area contributed by atoms with Gasteiger partial charge < -0.3 is 0 Å². The number of hydrogen-bond donors (Lipinski definition) is 0. The van der Waals surface area contributed by atoms with E-state index in [1.165, 1.54) is 108 Å². The molecule has 1 aromatic heterocycles. The van der Waals surface area contributed by atoms with Crippen LogP contribution in [0.5, 0.6) is 0 Å². The molecule has 1 heterocycles. The first-order valence-corrected chi connectivity index (χ1v) is 12.6. The van der Waals surface area contributed by atoms with Crippen molar-refractivity contribution in [1.82, 2.24) is 0 Å². The van der Waals surface area contributed by atoms with Gasteiger partial charge in [0.25, 0.3) is 0 Å². The minimum atomic E-state index is 0.612. The van der Waals surface area contributed by atoms with Crippen molar-refractivity contribution in [2.45, 2.75) is 143 Å². The Morgan fingerprint density at radius 3 is 1.29 bits per heavy atom. The third-order valence-corrected chi connectivity index (χ3v) is 6.07. The highest BCUT2D eigenvalue weighted by molar-refractivity contribution is 5.20. The summed E-state index contributed by atoms with van der Waals surface area (Å²) in [5.41, 5.74) is 2.97. The summed E-state index contributed by atoms with van der Waals surface area (Å²) in [6.45, 7) is 12.7. The third-order valence-electron chi connectivity index (χ3n) is 6.07. The van der Waals surface area contributed by atoms with Crippen LogP contribution in [-0.4, -0.2) is 0 Å². The van der Waals surface area contributed by atoms with E-state index in [2.05, 4.69) is 57.6 Å². The van der Waals surface area contributed by atoms with Crippen molar-refractivity contribution in [3.63, 3.8) is 0 Å². The second kappa shape index (κ2) is 16.0. The summed E-state index contributed by atoms with van der Waals surface area (Å²) in [7, 11) is 0. The van der Waals surface area contributed by atoms with Crippen LogP contribution in [0.1, 0.15) is 147 Å². The summed E-state index contributed by atoms with van der Waals surface area (Å²) in [6, 6.07) is 2.40. The van der Waals surface area contributed by atoms with E-state index in [1.54, 1.807) is 0 Å². The molecule has 1 rings (SSSR count). The smallest absolute Gasteiger partial charge is 0.172 e. The van der Waals surface area contributed by atoms with E-state index in [0.717, 1.165) is 0 Å². The van der Waals surface area contributed by atoms with Gasteiger partial charge in [-0.1, -0.05) is 112 Å². The largest absolute Gasteiger partial charge is 0.205 e. The SMILES string of the molecule is CCCCCCCCCCCCCCCC[n+]1cc(C(C)C)cc(C(C)C)c1. The molecule has 0 unspecified atom stereocenters. The topological polar surface area (TPSA) is 3.88 Å². The molecule has 0 bridgehead atoms. The molecule has 1 nitrogen and oxygen atoms in total. The zero-order valence-electron chi connectivity index (χ0n) is 19.9. The van der Waals surface area contributed by atoms with Gasteiger partial charge in [-0.15, -0.1) is 0 Å². The van der Waals surface area contributed by atoms with Crippen molar-refractivity contribution in [2.24, 2.45) is 0 Å². The summed E-state index contributed by atoms with van der Waals surface area (Å²) < 4.78 is 2.45. The second-order valence-electron chi connectivity index (χ2n) is 9.55. The maximum atomic E-state index is 2.45. The van der Waals surface area contributed by atoms with E-state index >= 15 is 0 Å². The average Bonchev–Trinajstić information content (AvgIpc) is 2.68. The van der Waals surface area contributed by atoms with Crippen LogP contribution in [0.4, 0.5) is 0 Å². The Morgan fingerprint density at radius 1 is 0.571 bits per heavy atom. The van der Waals surface area contributed by atoms with Crippen LogP contribution < -0.4 is 4.57 Å². The summed E-state index contributed by atoms with van der Waals surface area (Å²) in [5.74, 6) is 1.22. The number of pyridine rings is 1. The molecule has 0 atom stereocenters. The number of aryl methyl sites for hydroxylation is 1. The molecular weight excluding hydrogens is 338 g/mol. The zero-order chi connectivity index (χ0) is 20.6. The van der Waals surface area contributed by atoms with E-state index in [9.17, 15) is 0 Å². The van der Waals surface area contributed by atoms with Crippen molar-refractivity contribution in [3.8, 4) is 0 Å². The van der Waals surface area contributed by atoms with Crippen molar-refractivity contribution in [1.29, 1.82) is 0 Å². The van der Waals surface area contributed by atoms with Crippen molar-refractivity contribution >= 4 is 0 Å². The average molecular weight is 389 g/mol. The molecule has 0 radical (unpaired) electrons. The van der Waals surface area contributed by atoms with Crippen LogP contribution >= 0.6 is 0 Å². The summed E-state index contributed by atoms with van der Waals surface area (Å²) >= 11 is 0. The monoisotopic (exact) mass is 388 g/mol. The third kappa shape index (κ3) is 11.9. The number of nitrogens with zero attached hydrogens (tertiary/aromatic N) is 1. The minimum absolute atomic E-state index is 0.612. The molecule has 0 saturated carbocycles. The van der Waals surface area contributed by atoms with Gasteiger partial charge in [0.05, 0.1) is 0 Å². The first-order chi connectivity index (χ1) is 13.5. The maximum Gasteiger partial charge on any atom is 0.172 e. The number of unbranched alkanes of at least 4 members (excludes halogenated alkanes) is 13. The lowest BCUT2D eigenvalue weighted by Crippen LogP contribution is -2.34. The van der Waals surface area contributed by atoms with Gasteiger partial charge in [-0.05, 0) is 24.3 Å². The molecule has 0 saturated heterocycles. The van der Waals surface area contributed by atoms with Gasteiger partial charge in [-0.3, -0.25) is 0 Å². The van der Waals surface area contributed by atoms with Gasteiger partial charge in [-0.2, -0.15) is 0 Å². The first kappa shape index (κ1) is 25.2.